The fourth-order valence-corrected chi connectivity index (χ4v) is 2.71. The zero-order chi connectivity index (χ0) is 18.2. The molecule has 1 amide bonds. The molecule has 0 aromatic heterocycles. The molecule has 0 radical (unpaired) electrons. The first-order valence-electron chi connectivity index (χ1n) is 8.21. The molecule has 2 aromatic carbocycles. The Balaban J connectivity index is 1.73. The Morgan fingerprint density at radius 1 is 0.960 bits per heavy atom. The summed E-state index contributed by atoms with van der Waals surface area (Å²) in [5.41, 5.74) is 1.23. The molecule has 3 rings (SSSR count). The Morgan fingerprint density at radius 2 is 1.52 bits per heavy atom. The maximum atomic E-state index is 12.4. The van der Waals surface area contributed by atoms with Gasteiger partial charge in [0.15, 0.2) is 0 Å². The van der Waals surface area contributed by atoms with E-state index in [1.807, 2.05) is 52.0 Å². The van der Waals surface area contributed by atoms with Crippen LogP contribution in [0.1, 0.15) is 38.1 Å². The molecule has 1 heterocycles. The van der Waals surface area contributed by atoms with Crippen molar-refractivity contribution in [1.82, 2.24) is 0 Å². The molecule has 0 aliphatic carbocycles. The molecule has 1 saturated heterocycles. The molecule has 25 heavy (non-hydrogen) atoms. The number of para-hydroxylation sites is 1. The summed E-state index contributed by atoms with van der Waals surface area (Å²) in [5, 5.41) is 3.31. The second kappa shape index (κ2) is 6.48. The third-order valence-corrected chi connectivity index (χ3v) is 5.15. The summed E-state index contributed by atoms with van der Waals surface area (Å²) in [6.07, 6.45) is 0. The summed E-state index contributed by atoms with van der Waals surface area (Å²) in [5.74, 6) is -0.214. The largest absolute Gasteiger partial charge is 0.494 e. The molecule has 1 aliphatic rings. The van der Waals surface area contributed by atoms with E-state index in [1.165, 1.54) is 0 Å². The van der Waals surface area contributed by atoms with Crippen molar-refractivity contribution in [3.8, 4) is 0 Å². The highest BCUT2D eigenvalue weighted by Crippen LogP contribution is 2.36. The van der Waals surface area contributed by atoms with Crippen LogP contribution in [0.25, 0.3) is 0 Å². The van der Waals surface area contributed by atoms with Gasteiger partial charge >= 0.3 is 7.12 Å². The Labute approximate surface area is 153 Å². The minimum atomic E-state index is -0.439. The maximum Gasteiger partial charge on any atom is 0.494 e. The second-order valence-electron chi connectivity index (χ2n) is 7.14. The number of hydrogen-bond donors (Lipinski definition) is 1. The smallest absolute Gasteiger partial charge is 0.399 e. The lowest BCUT2D eigenvalue weighted by molar-refractivity contribution is 0.00578. The first kappa shape index (κ1) is 18.0. The summed E-state index contributed by atoms with van der Waals surface area (Å²) < 4.78 is 12.0. The summed E-state index contributed by atoms with van der Waals surface area (Å²) in [7, 11) is -0.439. The zero-order valence-electron chi connectivity index (χ0n) is 14.8. The lowest BCUT2D eigenvalue weighted by Crippen LogP contribution is -2.41. The van der Waals surface area contributed by atoms with E-state index in [9.17, 15) is 4.79 Å². The molecule has 1 fully saturated rings. The first-order valence-corrected chi connectivity index (χ1v) is 8.59. The molecular formula is C19H21BClNO3. The molecule has 2 aromatic rings. The van der Waals surface area contributed by atoms with Gasteiger partial charge in [0.2, 0.25) is 0 Å². The maximum absolute atomic E-state index is 12.4. The topological polar surface area (TPSA) is 47.6 Å². The van der Waals surface area contributed by atoms with Crippen LogP contribution in [0.15, 0.2) is 48.5 Å². The quantitative estimate of drug-likeness (QED) is 0.848. The van der Waals surface area contributed by atoms with Crippen molar-refractivity contribution in [2.24, 2.45) is 0 Å². The van der Waals surface area contributed by atoms with Gasteiger partial charge in [0.25, 0.3) is 5.91 Å². The van der Waals surface area contributed by atoms with Crippen LogP contribution in [-0.2, 0) is 9.31 Å². The van der Waals surface area contributed by atoms with Crippen molar-refractivity contribution in [1.29, 1.82) is 0 Å². The van der Waals surface area contributed by atoms with Crippen molar-refractivity contribution in [2.45, 2.75) is 38.9 Å². The molecule has 1 aliphatic heterocycles. The number of rotatable bonds is 3. The van der Waals surface area contributed by atoms with Crippen molar-refractivity contribution < 1.29 is 14.1 Å². The van der Waals surface area contributed by atoms with E-state index < -0.39 is 18.3 Å². The van der Waals surface area contributed by atoms with Crippen molar-refractivity contribution in [3.63, 3.8) is 0 Å². The van der Waals surface area contributed by atoms with E-state index in [2.05, 4.69) is 5.32 Å². The van der Waals surface area contributed by atoms with Crippen LogP contribution in [0, 0.1) is 0 Å². The Morgan fingerprint density at radius 3 is 2.08 bits per heavy atom. The molecule has 1 N–H and O–H groups in total. The Hall–Kier alpha value is -1.82. The van der Waals surface area contributed by atoms with Gasteiger partial charge in [-0.2, -0.15) is 0 Å². The molecule has 6 heteroatoms. The standard InChI is InChI=1S/C19H21BClNO3/c1-18(2)19(3,4)25-20(24-18)14-11-9-13(10-12-14)17(23)22-16-8-6-5-7-15(16)21/h5-12H,1-4H3,(H,22,23). The van der Waals surface area contributed by atoms with Crippen molar-refractivity contribution in [3.05, 3.63) is 59.1 Å². The van der Waals surface area contributed by atoms with Crippen LogP contribution >= 0.6 is 11.6 Å². The fraction of sp³-hybridized carbons (Fsp3) is 0.316. The van der Waals surface area contributed by atoms with Crippen molar-refractivity contribution >= 4 is 35.8 Å². The van der Waals surface area contributed by atoms with Crippen LogP contribution in [0.3, 0.4) is 0 Å². The van der Waals surface area contributed by atoms with Crippen LogP contribution < -0.4 is 10.8 Å². The van der Waals surface area contributed by atoms with E-state index in [0.29, 0.717) is 16.3 Å². The Bertz CT molecular complexity index is 774. The van der Waals surface area contributed by atoms with Crippen LogP contribution in [0.5, 0.6) is 0 Å². The summed E-state index contributed by atoms with van der Waals surface area (Å²) in [4.78, 5) is 12.4. The molecule has 0 unspecified atom stereocenters. The highest BCUT2D eigenvalue weighted by atomic mass is 35.5. The number of hydrogen-bond acceptors (Lipinski definition) is 3. The minimum absolute atomic E-state index is 0.214. The van der Waals surface area contributed by atoms with Gasteiger partial charge in [0.1, 0.15) is 0 Å². The van der Waals surface area contributed by atoms with Gasteiger partial charge in [0.05, 0.1) is 21.9 Å². The lowest BCUT2D eigenvalue weighted by atomic mass is 9.79. The summed E-state index contributed by atoms with van der Waals surface area (Å²) >= 11 is 6.07. The lowest BCUT2D eigenvalue weighted by Gasteiger charge is -2.32. The minimum Gasteiger partial charge on any atom is -0.399 e. The number of anilines is 1. The van der Waals surface area contributed by atoms with Gasteiger partial charge in [-0.3, -0.25) is 4.79 Å². The summed E-state index contributed by atoms with van der Waals surface area (Å²) in [6.45, 7) is 8.05. The third-order valence-electron chi connectivity index (χ3n) is 4.82. The third kappa shape index (κ3) is 3.59. The van der Waals surface area contributed by atoms with Gasteiger partial charge < -0.3 is 14.6 Å². The highest BCUT2D eigenvalue weighted by Gasteiger charge is 2.51. The number of halogens is 1. The molecule has 0 spiro atoms. The van der Waals surface area contributed by atoms with Crippen LogP contribution in [0.2, 0.25) is 5.02 Å². The number of amides is 1. The van der Waals surface area contributed by atoms with Gasteiger partial charge in [-0.25, -0.2) is 0 Å². The van der Waals surface area contributed by atoms with Crippen LogP contribution in [-0.4, -0.2) is 24.2 Å². The van der Waals surface area contributed by atoms with E-state index in [1.54, 1.807) is 24.3 Å². The SMILES string of the molecule is CC1(C)OB(c2ccc(C(=O)Nc3ccccc3Cl)cc2)OC1(C)C. The number of carbonyl (C=O) groups is 1. The first-order chi connectivity index (χ1) is 11.7. The molecule has 4 nitrogen and oxygen atoms in total. The molecule has 0 atom stereocenters. The van der Waals surface area contributed by atoms with E-state index in [-0.39, 0.29) is 5.91 Å². The van der Waals surface area contributed by atoms with E-state index in [4.69, 9.17) is 20.9 Å². The Kier molecular flexibility index (Phi) is 4.67. The molecule has 130 valence electrons. The average molecular weight is 358 g/mol. The fourth-order valence-electron chi connectivity index (χ4n) is 2.53. The van der Waals surface area contributed by atoms with Crippen LogP contribution in [0.4, 0.5) is 5.69 Å². The predicted octanol–water partition coefficient (Wildman–Crippen LogP) is 3.89. The average Bonchev–Trinajstić information content (AvgIpc) is 2.78. The van der Waals surface area contributed by atoms with Gasteiger partial charge in [0, 0.05) is 5.56 Å². The van der Waals surface area contributed by atoms with Gasteiger partial charge in [-0.15, -0.1) is 0 Å². The highest BCUT2D eigenvalue weighted by molar-refractivity contribution is 6.62. The van der Waals surface area contributed by atoms with E-state index in [0.717, 1.165) is 5.46 Å². The number of benzene rings is 2. The number of carbonyl (C=O) groups excluding carboxylic acids is 1. The zero-order valence-corrected chi connectivity index (χ0v) is 15.6. The van der Waals surface area contributed by atoms with E-state index >= 15 is 0 Å². The molecule has 0 saturated carbocycles. The predicted molar refractivity (Wildman–Crippen MR) is 102 cm³/mol. The summed E-state index contributed by atoms with van der Waals surface area (Å²) in [6, 6.07) is 14.4. The monoisotopic (exact) mass is 357 g/mol. The van der Waals surface area contributed by atoms with Gasteiger partial charge in [-0.1, -0.05) is 35.9 Å². The molecular weight excluding hydrogens is 336 g/mol. The van der Waals surface area contributed by atoms with Gasteiger partial charge in [-0.05, 0) is 57.4 Å². The number of nitrogens with one attached hydrogen (secondary N) is 1. The second-order valence-corrected chi connectivity index (χ2v) is 7.55. The molecule has 0 bridgehead atoms. The van der Waals surface area contributed by atoms with Crippen molar-refractivity contribution in [2.75, 3.05) is 5.32 Å². The normalized spacial score (nSPS) is 18.2.